The molecule has 0 fully saturated rings. The van der Waals surface area contributed by atoms with Gasteiger partial charge >= 0.3 is 0 Å². The third kappa shape index (κ3) is 3.58. The van der Waals surface area contributed by atoms with Crippen molar-refractivity contribution < 1.29 is 0 Å². The maximum atomic E-state index is 6.18. The van der Waals surface area contributed by atoms with E-state index in [0.29, 0.717) is 5.96 Å². The van der Waals surface area contributed by atoms with Crippen molar-refractivity contribution in [2.75, 3.05) is 5.32 Å². The summed E-state index contributed by atoms with van der Waals surface area (Å²) in [5, 5.41) is 3.34. The van der Waals surface area contributed by atoms with Crippen LogP contribution in [-0.2, 0) is 25.8 Å². The predicted octanol–water partition coefficient (Wildman–Crippen LogP) is 3.12. The van der Waals surface area contributed by atoms with Crippen LogP contribution in [0.4, 0.5) is 5.69 Å². The van der Waals surface area contributed by atoms with Crippen molar-refractivity contribution >= 4 is 35.6 Å². The van der Waals surface area contributed by atoms with Gasteiger partial charge in [-0.05, 0) is 49.3 Å². The van der Waals surface area contributed by atoms with Crippen LogP contribution in [-0.4, -0.2) is 21.6 Å². The lowest BCUT2D eigenvalue weighted by molar-refractivity contribution is 0.465. The molecule has 0 amide bonds. The molecule has 6 heteroatoms. The van der Waals surface area contributed by atoms with Crippen molar-refractivity contribution in [1.82, 2.24) is 9.55 Å². The van der Waals surface area contributed by atoms with Gasteiger partial charge in [0.25, 0.3) is 0 Å². The zero-order valence-electron chi connectivity index (χ0n) is 13.7. The molecule has 24 heavy (non-hydrogen) atoms. The van der Waals surface area contributed by atoms with Crippen molar-refractivity contribution in [1.29, 1.82) is 0 Å². The second-order valence-corrected chi connectivity index (χ2v) is 6.47. The SMILES string of the molecule is I.NC(=NC1CCn2ccnc2C1)Nc1cccc2c1CCCC2. The van der Waals surface area contributed by atoms with E-state index >= 15 is 0 Å². The molecule has 4 rings (SSSR count). The summed E-state index contributed by atoms with van der Waals surface area (Å²) >= 11 is 0. The third-order valence-electron chi connectivity index (χ3n) is 4.90. The fourth-order valence-corrected chi connectivity index (χ4v) is 3.71. The molecule has 2 aromatic rings. The molecule has 1 unspecified atom stereocenters. The Labute approximate surface area is 159 Å². The van der Waals surface area contributed by atoms with Crippen molar-refractivity contribution in [2.45, 2.75) is 51.1 Å². The number of aromatic nitrogens is 2. The molecule has 2 heterocycles. The first kappa shape index (κ1) is 17.3. The van der Waals surface area contributed by atoms with Crippen molar-refractivity contribution in [2.24, 2.45) is 10.7 Å². The molecule has 3 N–H and O–H groups in total. The number of aryl methyl sites for hydroxylation is 2. The van der Waals surface area contributed by atoms with Crippen molar-refractivity contribution in [3.8, 4) is 0 Å². The predicted molar refractivity (Wildman–Crippen MR) is 108 cm³/mol. The number of halogens is 1. The van der Waals surface area contributed by atoms with Crippen LogP contribution in [0.5, 0.6) is 0 Å². The summed E-state index contributed by atoms with van der Waals surface area (Å²) in [6.45, 7) is 0.970. The molecule has 128 valence electrons. The Morgan fingerprint density at radius 3 is 3.08 bits per heavy atom. The zero-order chi connectivity index (χ0) is 15.6. The average molecular weight is 437 g/mol. The van der Waals surface area contributed by atoms with E-state index in [1.807, 2.05) is 12.4 Å². The van der Waals surface area contributed by atoms with E-state index in [-0.39, 0.29) is 30.0 Å². The van der Waals surface area contributed by atoms with Gasteiger partial charge in [-0.2, -0.15) is 0 Å². The molecule has 0 saturated heterocycles. The number of nitrogens with zero attached hydrogens (tertiary/aromatic N) is 3. The highest BCUT2D eigenvalue weighted by Gasteiger charge is 2.19. The minimum absolute atomic E-state index is 0. The third-order valence-corrected chi connectivity index (χ3v) is 4.90. The fourth-order valence-electron chi connectivity index (χ4n) is 3.71. The van der Waals surface area contributed by atoms with Crippen LogP contribution in [0, 0.1) is 0 Å². The lowest BCUT2D eigenvalue weighted by Crippen LogP contribution is -2.29. The first-order chi connectivity index (χ1) is 11.3. The second kappa shape index (κ2) is 7.55. The number of nitrogens with two attached hydrogens (primary N) is 1. The number of benzene rings is 1. The average Bonchev–Trinajstić information content (AvgIpc) is 3.03. The first-order valence-electron chi connectivity index (χ1n) is 8.50. The molecule has 5 nitrogen and oxygen atoms in total. The standard InChI is InChI=1S/C18H23N5.HI/c19-18(21-14-8-10-23-11-9-20-17(23)12-14)22-16-7-3-5-13-4-1-2-6-15(13)16;/h3,5,7,9,11,14H,1-2,4,6,8,10,12H2,(H3,19,21,22);1H. The van der Waals surface area contributed by atoms with Crippen molar-refractivity contribution in [3.63, 3.8) is 0 Å². The van der Waals surface area contributed by atoms with Gasteiger partial charge < -0.3 is 15.6 Å². The summed E-state index contributed by atoms with van der Waals surface area (Å²) in [5.41, 5.74) is 10.2. The van der Waals surface area contributed by atoms with E-state index in [0.717, 1.165) is 37.3 Å². The molecule has 2 aliphatic rings. The van der Waals surface area contributed by atoms with Crippen molar-refractivity contribution in [3.05, 3.63) is 47.5 Å². The van der Waals surface area contributed by atoms with Crippen LogP contribution < -0.4 is 11.1 Å². The number of fused-ring (bicyclic) bond motifs is 2. The number of imidazole rings is 1. The summed E-state index contributed by atoms with van der Waals surface area (Å²) in [5.74, 6) is 1.63. The number of hydrogen-bond acceptors (Lipinski definition) is 2. The van der Waals surface area contributed by atoms with E-state index in [4.69, 9.17) is 5.73 Å². The minimum atomic E-state index is 0. The van der Waals surface area contributed by atoms with Crippen LogP contribution in [0.3, 0.4) is 0 Å². The fraction of sp³-hybridized carbons (Fsp3) is 0.444. The Hall–Kier alpha value is -1.57. The van der Waals surface area contributed by atoms with E-state index < -0.39 is 0 Å². The Balaban J connectivity index is 0.00000169. The monoisotopic (exact) mass is 437 g/mol. The second-order valence-electron chi connectivity index (χ2n) is 6.47. The number of anilines is 1. The maximum Gasteiger partial charge on any atom is 0.193 e. The molecular weight excluding hydrogens is 413 g/mol. The van der Waals surface area contributed by atoms with E-state index in [2.05, 4.69) is 38.1 Å². The summed E-state index contributed by atoms with van der Waals surface area (Å²) in [6, 6.07) is 6.67. The zero-order valence-corrected chi connectivity index (χ0v) is 16.1. The van der Waals surface area contributed by atoms with Crippen LogP contribution >= 0.6 is 24.0 Å². The van der Waals surface area contributed by atoms with Gasteiger partial charge in [-0.15, -0.1) is 24.0 Å². The summed E-state index contributed by atoms with van der Waals surface area (Å²) < 4.78 is 2.20. The highest BCUT2D eigenvalue weighted by atomic mass is 127. The van der Waals surface area contributed by atoms with Gasteiger partial charge in [0, 0.05) is 31.0 Å². The molecule has 0 radical (unpaired) electrons. The topological polar surface area (TPSA) is 68.2 Å². The van der Waals surface area contributed by atoms with Gasteiger partial charge in [0.05, 0.1) is 6.04 Å². The summed E-state index contributed by atoms with van der Waals surface area (Å²) in [4.78, 5) is 9.08. The summed E-state index contributed by atoms with van der Waals surface area (Å²) in [6.07, 6.45) is 10.6. The maximum absolute atomic E-state index is 6.18. The van der Waals surface area contributed by atoms with E-state index in [1.165, 1.54) is 30.4 Å². The quantitative estimate of drug-likeness (QED) is 0.431. The highest BCUT2D eigenvalue weighted by Crippen LogP contribution is 2.27. The Kier molecular flexibility index (Phi) is 5.43. The molecule has 0 spiro atoms. The van der Waals surface area contributed by atoms with Gasteiger partial charge in [-0.3, -0.25) is 0 Å². The lowest BCUT2D eigenvalue weighted by atomic mass is 9.90. The van der Waals surface area contributed by atoms with Gasteiger partial charge in [0.1, 0.15) is 5.82 Å². The number of rotatable bonds is 2. The molecule has 1 atom stereocenters. The number of nitrogens with one attached hydrogen (secondary N) is 1. The number of hydrogen-bond donors (Lipinski definition) is 2. The van der Waals surface area contributed by atoms with Gasteiger partial charge in [-0.25, -0.2) is 9.98 Å². The molecule has 1 aromatic carbocycles. The normalized spacial score (nSPS) is 19.8. The molecule has 0 bridgehead atoms. The smallest absolute Gasteiger partial charge is 0.193 e. The van der Waals surface area contributed by atoms with Crippen LogP contribution in [0.15, 0.2) is 35.6 Å². The van der Waals surface area contributed by atoms with E-state index in [9.17, 15) is 0 Å². The largest absolute Gasteiger partial charge is 0.370 e. The Morgan fingerprint density at radius 2 is 2.17 bits per heavy atom. The Morgan fingerprint density at radius 1 is 1.29 bits per heavy atom. The lowest BCUT2D eigenvalue weighted by Gasteiger charge is -2.22. The molecule has 1 aliphatic carbocycles. The van der Waals surface area contributed by atoms with Crippen LogP contribution in [0.25, 0.3) is 0 Å². The van der Waals surface area contributed by atoms with Gasteiger partial charge in [0.15, 0.2) is 5.96 Å². The molecule has 0 saturated carbocycles. The highest BCUT2D eigenvalue weighted by molar-refractivity contribution is 14.0. The van der Waals surface area contributed by atoms with Gasteiger partial charge in [-0.1, -0.05) is 12.1 Å². The molecule has 1 aromatic heterocycles. The van der Waals surface area contributed by atoms with Crippen LogP contribution in [0.2, 0.25) is 0 Å². The van der Waals surface area contributed by atoms with E-state index in [1.54, 1.807) is 0 Å². The molecular formula is C18H24IN5. The summed E-state index contributed by atoms with van der Waals surface area (Å²) in [7, 11) is 0. The Bertz CT molecular complexity index is 737. The van der Waals surface area contributed by atoms with Gasteiger partial charge in [0.2, 0.25) is 0 Å². The minimum Gasteiger partial charge on any atom is -0.370 e. The first-order valence-corrected chi connectivity index (χ1v) is 8.50. The van der Waals surface area contributed by atoms with Crippen LogP contribution in [0.1, 0.15) is 36.2 Å². The number of aliphatic imine (C=N–C) groups is 1. The molecule has 1 aliphatic heterocycles. The number of guanidine groups is 1.